The number of nitrogens with two attached hydrogens (primary N) is 3. The molecular weight excluding hydrogens is 445 g/mol. The van der Waals surface area contributed by atoms with Crippen molar-refractivity contribution in [2.45, 2.75) is 51.5 Å². The summed E-state index contributed by atoms with van der Waals surface area (Å²) in [4.78, 5) is 36.8. The molecule has 9 nitrogen and oxygen atoms in total. The molecule has 0 saturated heterocycles. The van der Waals surface area contributed by atoms with Gasteiger partial charge >= 0.3 is 5.97 Å². The Hall–Kier alpha value is -0.840. The molecule has 12 heteroatoms. The summed E-state index contributed by atoms with van der Waals surface area (Å²) in [6.45, 7) is 4.30. The lowest BCUT2D eigenvalue weighted by atomic mass is 10.1. The molecule has 0 saturated carbocycles. The predicted octanol–water partition coefficient (Wildman–Crippen LogP) is 0.345. The van der Waals surface area contributed by atoms with Crippen LogP contribution in [0.4, 0.5) is 0 Å². The maximum Gasteiger partial charge on any atom is 0.305 e. The quantitative estimate of drug-likeness (QED) is 0.194. The molecule has 0 aliphatic carbocycles. The van der Waals surface area contributed by atoms with E-state index in [-0.39, 0.29) is 67.8 Å². The molecule has 0 rings (SSSR count). The van der Waals surface area contributed by atoms with Crippen molar-refractivity contribution in [2.24, 2.45) is 17.2 Å². The highest BCUT2D eigenvalue weighted by molar-refractivity contribution is 5.86. The van der Waals surface area contributed by atoms with Crippen LogP contribution >= 0.6 is 37.2 Å². The minimum Gasteiger partial charge on any atom is -0.466 e. The summed E-state index contributed by atoms with van der Waals surface area (Å²) in [5.41, 5.74) is 16.8. The van der Waals surface area contributed by atoms with Crippen molar-refractivity contribution in [2.75, 3.05) is 39.3 Å². The highest BCUT2D eigenvalue weighted by Gasteiger charge is 2.17. The third-order valence-electron chi connectivity index (χ3n) is 3.82. The van der Waals surface area contributed by atoms with Crippen molar-refractivity contribution in [3.8, 4) is 0 Å². The zero-order chi connectivity index (χ0) is 19.8. The van der Waals surface area contributed by atoms with E-state index in [0.717, 1.165) is 19.3 Å². The number of carbonyl (C=O) groups excluding carboxylic acids is 3. The van der Waals surface area contributed by atoms with E-state index >= 15 is 0 Å². The molecule has 2 amide bonds. The highest BCUT2D eigenvalue weighted by atomic mass is 35.5. The number of unbranched alkanes of at least 4 members (excludes halogenated alkanes) is 2. The molecule has 0 aliphatic heterocycles. The molecule has 29 heavy (non-hydrogen) atoms. The third kappa shape index (κ3) is 18.9. The molecular formula is C17H38Cl3N5O4. The molecule has 0 radical (unpaired) electrons. The van der Waals surface area contributed by atoms with Crippen LogP contribution in [0.15, 0.2) is 0 Å². The zero-order valence-corrected chi connectivity index (χ0v) is 19.5. The first-order chi connectivity index (χ1) is 12.5. The van der Waals surface area contributed by atoms with E-state index in [0.29, 0.717) is 45.8 Å². The average Bonchev–Trinajstić information content (AvgIpc) is 2.62. The third-order valence-corrected chi connectivity index (χ3v) is 3.82. The number of nitrogens with zero attached hydrogens (tertiary/aromatic N) is 1. The van der Waals surface area contributed by atoms with E-state index in [1.807, 2.05) is 0 Å². The minimum atomic E-state index is -0.726. The smallest absolute Gasteiger partial charge is 0.305 e. The molecule has 0 aromatic carbocycles. The van der Waals surface area contributed by atoms with E-state index in [1.165, 1.54) is 0 Å². The lowest BCUT2D eigenvalue weighted by molar-refractivity contribution is -0.143. The van der Waals surface area contributed by atoms with Crippen molar-refractivity contribution in [3.63, 3.8) is 0 Å². The Bertz CT molecular complexity index is 428. The van der Waals surface area contributed by atoms with Gasteiger partial charge < -0.3 is 32.2 Å². The van der Waals surface area contributed by atoms with E-state index in [4.69, 9.17) is 21.9 Å². The Kier molecular flexibility index (Phi) is 28.8. The monoisotopic (exact) mass is 481 g/mol. The van der Waals surface area contributed by atoms with Crippen molar-refractivity contribution >= 4 is 55.0 Å². The number of nitrogens with one attached hydrogen (secondary N) is 1. The van der Waals surface area contributed by atoms with Gasteiger partial charge in [-0.15, -0.1) is 37.2 Å². The van der Waals surface area contributed by atoms with E-state index in [1.54, 1.807) is 11.8 Å². The fourth-order valence-electron chi connectivity index (χ4n) is 2.39. The summed E-state index contributed by atoms with van der Waals surface area (Å²) < 4.78 is 4.84. The van der Waals surface area contributed by atoms with Crippen LogP contribution in [0.1, 0.15) is 45.4 Å². The number of rotatable bonds is 15. The van der Waals surface area contributed by atoms with Crippen LogP contribution in [0.5, 0.6) is 0 Å². The molecule has 0 bridgehead atoms. The van der Waals surface area contributed by atoms with E-state index in [9.17, 15) is 14.4 Å². The Labute approximate surface area is 192 Å². The summed E-state index contributed by atoms with van der Waals surface area (Å²) in [6.07, 6.45) is 3.17. The number of amides is 2. The maximum atomic E-state index is 12.1. The Morgan fingerprint density at radius 3 is 2.07 bits per heavy atom. The molecule has 0 unspecified atom stereocenters. The van der Waals surface area contributed by atoms with Gasteiger partial charge in [-0.3, -0.25) is 14.4 Å². The van der Waals surface area contributed by atoms with Crippen molar-refractivity contribution in [1.82, 2.24) is 10.2 Å². The Morgan fingerprint density at radius 2 is 1.55 bits per heavy atom. The minimum absolute atomic E-state index is 0. The second-order valence-electron chi connectivity index (χ2n) is 6.01. The van der Waals surface area contributed by atoms with Crippen molar-refractivity contribution < 1.29 is 19.1 Å². The number of hydrogen-bond donors (Lipinski definition) is 4. The SMILES string of the molecule is CCOC(=O)CCCCCNC(=O)[C@@H](N)CCC(=O)N(CCN)CCN.Cl.Cl.Cl. The van der Waals surface area contributed by atoms with Crippen LogP contribution in [0.3, 0.4) is 0 Å². The van der Waals surface area contributed by atoms with Gasteiger partial charge in [0.05, 0.1) is 12.6 Å². The predicted molar refractivity (Wildman–Crippen MR) is 122 cm³/mol. The zero-order valence-electron chi connectivity index (χ0n) is 17.1. The molecule has 7 N–H and O–H groups in total. The molecule has 0 aliphatic rings. The molecule has 0 fully saturated rings. The van der Waals surface area contributed by atoms with Crippen molar-refractivity contribution in [1.29, 1.82) is 0 Å². The van der Waals surface area contributed by atoms with Crippen LogP contribution < -0.4 is 22.5 Å². The number of carbonyl (C=O) groups is 3. The van der Waals surface area contributed by atoms with Crippen molar-refractivity contribution in [3.05, 3.63) is 0 Å². The second kappa shape index (κ2) is 23.4. The summed E-state index contributed by atoms with van der Waals surface area (Å²) in [5.74, 6) is -0.558. The summed E-state index contributed by atoms with van der Waals surface area (Å²) in [5, 5.41) is 2.75. The van der Waals surface area contributed by atoms with Gasteiger partial charge in [0.1, 0.15) is 0 Å². The van der Waals surface area contributed by atoms with Crippen LogP contribution in [0.25, 0.3) is 0 Å². The molecule has 0 heterocycles. The largest absolute Gasteiger partial charge is 0.466 e. The van der Waals surface area contributed by atoms with Gasteiger partial charge in [0.15, 0.2) is 0 Å². The van der Waals surface area contributed by atoms with Gasteiger partial charge in [-0.2, -0.15) is 0 Å². The van der Waals surface area contributed by atoms with Gasteiger partial charge in [-0.05, 0) is 26.2 Å². The number of hydrogen-bond acceptors (Lipinski definition) is 7. The fourth-order valence-corrected chi connectivity index (χ4v) is 2.39. The number of ether oxygens (including phenoxy) is 1. The lowest BCUT2D eigenvalue weighted by Crippen LogP contribution is -2.43. The first-order valence-corrected chi connectivity index (χ1v) is 9.33. The van der Waals surface area contributed by atoms with E-state index in [2.05, 4.69) is 5.32 Å². The summed E-state index contributed by atoms with van der Waals surface area (Å²) in [7, 11) is 0. The van der Waals surface area contributed by atoms with E-state index < -0.39 is 6.04 Å². The topological polar surface area (TPSA) is 154 Å². The van der Waals surface area contributed by atoms with Gasteiger partial charge in [0.2, 0.25) is 11.8 Å². The van der Waals surface area contributed by atoms with Gasteiger partial charge in [0, 0.05) is 45.6 Å². The van der Waals surface area contributed by atoms with Gasteiger partial charge in [-0.1, -0.05) is 6.42 Å². The first-order valence-electron chi connectivity index (χ1n) is 9.33. The summed E-state index contributed by atoms with van der Waals surface area (Å²) >= 11 is 0. The van der Waals surface area contributed by atoms with Crippen LogP contribution in [-0.2, 0) is 19.1 Å². The average molecular weight is 483 g/mol. The normalized spacial score (nSPS) is 10.5. The fraction of sp³-hybridized carbons (Fsp3) is 0.824. The standard InChI is InChI=1S/C17H35N5O4.3ClH/c1-2-26-16(24)6-4-3-5-11-21-17(25)14(20)7-8-15(23)22(12-9-18)13-10-19;;;/h14H,2-13,18-20H2,1H3,(H,21,25);3*1H/t14-;;;/m0.../s1. The molecule has 0 spiro atoms. The second-order valence-corrected chi connectivity index (χ2v) is 6.01. The van der Waals surface area contributed by atoms with Gasteiger partial charge in [-0.25, -0.2) is 0 Å². The number of esters is 1. The summed E-state index contributed by atoms with van der Waals surface area (Å²) in [6, 6.07) is -0.726. The molecule has 0 aromatic rings. The Balaban J connectivity index is -0.00000104. The molecule has 0 aromatic heterocycles. The first kappa shape index (κ1) is 35.6. The highest BCUT2D eigenvalue weighted by Crippen LogP contribution is 2.02. The van der Waals surface area contributed by atoms with Crippen LogP contribution in [-0.4, -0.2) is 68.1 Å². The van der Waals surface area contributed by atoms with Crippen LogP contribution in [0.2, 0.25) is 0 Å². The Morgan fingerprint density at radius 1 is 0.966 bits per heavy atom. The maximum absolute atomic E-state index is 12.1. The van der Waals surface area contributed by atoms with Crippen LogP contribution in [0, 0.1) is 0 Å². The van der Waals surface area contributed by atoms with Gasteiger partial charge in [0.25, 0.3) is 0 Å². The number of halogens is 3. The molecule has 1 atom stereocenters. The molecule has 176 valence electrons. The lowest BCUT2D eigenvalue weighted by Gasteiger charge is -2.22.